The molecule has 0 aromatic carbocycles. The van der Waals surface area contributed by atoms with Gasteiger partial charge in [0.1, 0.15) is 19.8 Å². The summed E-state index contributed by atoms with van der Waals surface area (Å²) in [5.41, 5.74) is 0. The monoisotopic (exact) mass is 845 g/mol. The van der Waals surface area contributed by atoms with E-state index in [4.69, 9.17) is 18.5 Å². The van der Waals surface area contributed by atoms with Gasteiger partial charge in [0, 0.05) is 12.8 Å². The molecule has 0 spiro atoms. The number of likely N-dealkylation sites (N-methyl/N-ethyl adjacent to an activating group) is 1. The smallest absolute Gasteiger partial charge is 0.462 e. The number of esters is 2. The molecule has 0 aromatic heterocycles. The molecule has 0 saturated carbocycles. The van der Waals surface area contributed by atoms with Crippen molar-refractivity contribution in [1.82, 2.24) is 0 Å². The Hall–Kier alpha value is -1.25. The number of quaternary nitrogens is 1. The molecule has 0 bridgehead atoms. The molecule has 0 saturated heterocycles. The molecule has 0 fully saturated rings. The number of carbonyl (C=O) groups excluding carboxylic acids is 2. The van der Waals surface area contributed by atoms with Crippen LogP contribution in [0.1, 0.15) is 232 Å². The van der Waals surface area contributed by atoms with E-state index < -0.39 is 26.5 Å². The van der Waals surface area contributed by atoms with Crippen molar-refractivity contribution in [3.05, 3.63) is 12.2 Å². The van der Waals surface area contributed by atoms with Gasteiger partial charge in [-0.1, -0.05) is 193 Å². The van der Waals surface area contributed by atoms with E-state index in [0.29, 0.717) is 23.9 Å². The summed E-state index contributed by atoms with van der Waals surface area (Å²) in [4.78, 5) is 35.5. The summed E-state index contributed by atoms with van der Waals surface area (Å²) in [6, 6.07) is 0. The van der Waals surface area contributed by atoms with E-state index in [1.165, 1.54) is 161 Å². The molecule has 0 aliphatic rings. The number of hydrogen-bond acceptors (Lipinski definition) is 7. The Labute approximate surface area is 358 Å². The molecule has 2 atom stereocenters. The van der Waals surface area contributed by atoms with Gasteiger partial charge in [-0.05, 0) is 38.5 Å². The van der Waals surface area contributed by atoms with Crippen LogP contribution in [0.5, 0.6) is 0 Å². The zero-order valence-corrected chi connectivity index (χ0v) is 39.7. The molecule has 0 heterocycles. The van der Waals surface area contributed by atoms with Gasteiger partial charge in [0.05, 0.1) is 27.7 Å². The van der Waals surface area contributed by atoms with Gasteiger partial charge in [0.15, 0.2) is 6.10 Å². The van der Waals surface area contributed by atoms with Gasteiger partial charge in [0.2, 0.25) is 0 Å². The highest BCUT2D eigenvalue weighted by molar-refractivity contribution is 7.47. The van der Waals surface area contributed by atoms with E-state index in [1.807, 2.05) is 21.1 Å². The number of allylic oxidation sites excluding steroid dienone is 2. The van der Waals surface area contributed by atoms with Crippen molar-refractivity contribution in [2.75, 3.05) is 47.5 Å². The molecule has 0 amide bonds. The van der Waals surface area contributed by atoms with Crippen LogP contribution in [0.2, 0.25) is 0 Å². The van der Waals surface area contributed by atoms with Crippen molar-refractivity contribution < 1.29 is 42.1 Å². The number of phosphoric acid groups is 1. The van der Waals surface area contributed by atoms with Crippen LogP contribution in [-0.2, 0) is 32.7 Å². The van der Waals surface area contributed by atoms with E-state index in [0.717, 1.165) is 38.5 Å². The first-order chi connectivity index (χ1) is 28.0. The van der Waals surface area contributed by atoms with Crippen LogP contribution >= 0.6 is 7.82 Å². The average Bonchev–Trinajstić information content (AvgIpc) is 3.17. The molecule has 1 N–H and O–H groups in total. The Balaban J connectivity index is 4.24. The first kappa shape index (κ1) is 56.8. The van der Waals surface area contributed by atoms with Crippen molar-refractivity contribution in [1.29, 1.82) is 0 Å². The lowest BCUT2D eigenvalue weighted by Crippen LogP contribution is -2.37. The second-order valence-electron chi connectivity index (χ2n) is 17.9. The highest BCUT2D eigenvalue weighted by atomic mass is 31.2. The number of ether oxygens (including phenoxy) is 2. The molecule has 1 unspecified atom stereocenters. The number of carbonyl (C=O) groups is 2. The fourth-order valence-electron chi connectivity index (χ4n) is 6.95. The molecule has 0 aliphatic heterocycles. The van der Waals surface area contributed by atoms with Gasteiger partial charge in [-0.3, -0.25) is 18.6 Å². The summed E-state index contributed by atoms with van der Waals surface area (Å²) in [6.45, 7) is 4.44. The third kappa shape index (κ3) is 44.3. The number of phosphoric ester groups is 1. The van der Waals surface area contributed by atoms with Crippen molar-refractivity contribution in [3.63, 3.8) is 0 Å². The first-order valence-electron chi connectivity index (χ1n) is 24.4. The van der Waals surface area contributed by atoms with Crippen LogP contribution in [0.4, 0.5) is 0 Å². The van der Waals surface area contributed by atoms with E-state index in [-0.39, 0.29) is 25.6 Å². The highest BCUT2D eigenvalue weighted by Gasteiger charge is 2.27. The van der Waals surface area contributed by atoms with Crippen molar-refractivity contribution in [3.8, 4) is 0 Å². The standard InChI is InChI=1S/C48H94NO8P/c1-6-8-10-12-14-16-18-20-22-23-24-25-27-28-30-32-34-36-38-40-47(50)54-44-46(45-56-58(52,53)55-43-42-49(3,4)5)57-48(51)41-39-37-35-33-31-29-26-21-19-17-15-13-11-9-7-2/h15,17,46H,6-14,16,18-45H2,1-5H3/p+1/b17-15-/t46-/m1/s1. The molecule has 9 nitrogen and oxygen atoms in total. The van der Waals surface area contributed by atoms with Gasteiger partial charge >= 0.3 is 19.8 Å². The van der Waals surface area contributed by atoms with Crippen molar-refractivity contribution in [2.24, 2.45) is 0 Å². The van der Waals surface area contributed by atoms with Crippen molar-refractivity contribution >= 4 is 19.8 Å². The maximum absolute atomic E-state index is 12.7. The van der Waals surface area contributed by atoms with Crippen LogP contribution in [0.15, 0.2) is 12.2 Å². The summed E-state index contributed by atoms with van der Waals surface area (Å²) < 4.78 is 34.4. The quantitative estimate of drug-likeness (QED) is 0.0212. The number of hydrogen-bond donors (Lipinski definition) is 1. The van der Waals surface area contributed by atoms with Crippen LogP contribution in [0.3, 0.4) is 0 Å². The molecule has 0 aliphatic carbocycles. The zero-order valence-electron chi connectivity index (χ0n) is 38.8. The Morgan fingerprint density at radius 2 is 0.879 bits per heavy atom. The third-order valence-electron chi connectivity index (χ3n) is 10.8. The summed E-state index contributed by atoms with van der Waals surface area (Å²) in [5.74, 6) is -0.789. The summed E-state index contributed by atoms with van der Waals surface area (Å²) in [6.07, 6.45) is 44.0. The molecular weight excluding hydrogens is 750 g/mol. The second kappa shape index (κ2) is 41.1. The Morgan fingerprint density at radius 1 is 0.517 bits per heavy atom. The average molecular weight is 845 g/mol. The topological polar surface area (TPSA) is 108 Å². The lowest BCUT2D eigenvalue weighted by Gasteiger charge is -2.24. The minimum Gasteiger partial charge on any atom is -0.462 e. The lowest BCUT2D eigenvalue weighted by atomic mass is 10.0. The zero-order chi connectivity index (χ0) is 42.8. The maximum Gasteiger partial charge on any atom is 0.472 e. The lowest BCUT2D eigenvalue weighted by molar-refractivity contribution is -0.870. The van der Waals surface area contributed by atoms with Crippen molar-refractivity contribution in [2.45, 2.75) is 238 Å². The number of rotatable bonds is 45. The van der Waals surface area contributed by atoms with Gasteiger partial charge in [-0.15, -0.1) is 0 Å². The fourth-order valence-corrected chi connectivity index (χ4v) is 7.69. The largest absolute Gasteiger partial charge is 0.472 e. The van der Waals surface area contributed by atoms with Crippen LogP contribution < -0.4 is 0 Å². The number of unbranched alkanes of at least 4 members (excludes halogenated alkanes) is 29. The molecule has 58 heavy (non-hydrogen) atoms. The molecule has 10 heteroatoms. The minimum atomic E-state index is -4.37. The van der Waals surface area contributed by atoms with Crippen LogP contribution in [0.25, 0.3) is 0 Å². The SMILES string of the molecule is CCCCC/C=C\CCCCCCCCCCC(=O)O[C@H](COC(=O)CCCCCCCCCCCCCCCCCCCCC)COP(=O)(O)OCC[N+](C)(C)C. The predicted octanol–water partition coefficient (Wildman–Crippen LogP) is 14.1. The minimum absolute atomic E-state index is 0.0344. The normalized spacial score (nSPS) is 13.6. The Bertz CT molecular complexity index is 1000. The summed E-state index contributed by atoms with van der Waals surface area (Å²) in [5, 5.41) is 0. The Kier molecular flexibility index (Phi) is 40.2. The summed E-state index contributed by atoms with van der Waals surface area (Å²) in [7, 11) is 1.49. The van der Waals surface area contributed by atoms with Gasteiger partial charge in [-0.2, -0.15) is 0 Å². The van der Waals surface area contributed by atoms with Gasteiger partial charge in [-0.25, -0.2) is 4.57 Å². The second-order valence-corrected chi connectivity index (χ2v) is 19.3. The molecular formula is C48H95NO8P+. The van der Waals surface area contributed by atoms with E-state index >= 15 is 0 Å². The highest BCUT2D eigenvalue weighted by Crippen LogP contribution is 2.43. The molecule has 344 valence electrons. The first-order valence-corrected chi connectivity index (χ1v) is 25.9. The van der Waals surface area contributed by atoms with E-state index in [1.54, 1.807) is 0 Å². The molecule has 0 aromatic rings. The predicted molar refractivity (Wildman–Crippen MR) is 243 cm³/mol. The fraction of sp³-hybridized carbons (Fsp3) is 0.917. The Morgan fingerprint density at radius 3 is 1.31 bits per heavy atom. The maximum atomic E-state index is 12.7. The molecule has 0 rings (SSSR count). The summed E-state index contributed by atoms with van der Waals surface area (Å²) >= 11 is 0. The van der Waals surface area contributed by atoms with E-state index in [2.05, 4.69) is 26.0 Å². The van der Waals surface area contributed by atoms with E-state index in [9.17, 15) is 19.0 Å². The number of nitrogens with zero attached hydrogens (tertiary/aromatic N) is 1. The third-order valence-corrected chi connectivity index (χ3v) is 11.8. The van der Waals surface area contributed by atoms with Crippen LogP contribution in [-0.4, -0.2) is 74.9 Å². The van der Waals surface area contributed by atoms with Crippen LogP contribution in [0, 0.1) is 0 Å². The van der Waals surface area contributed by atoms with Gasteiger partial charge < -0.3 is 18.9 Å². The van der Waals surface area contributed by atoms with Gasteiger partial charge in [0.25, 0.3) is 0 Å². The molecule has 0 radical (unpaired) electrons.